The minimum absolute atomic E-state index is 0.0521. The topological polar surface area (TPSA) is 53.3 Å². The molecule has 0 saturated carbocycles. The molecule has 1 aliphatic carbocycles. The van der Waals surface area contributed by atoms with Gasteiger partial charge in [0.15, 0.2) is 0 Å². The third-order valence-electron chi connectivity index (χ3n) is 7.55. The van der Waals surface area contributed by atoms with Crippen LogP contribution in [0.4, 0.5) is 0 Å². The number of likely N-dealkylation sites (tertiary alicyclic amines) is 1. The maximum absolute atomic E-state index is 11.6. The van der Waals surface area contributed by atoms with Crippen LogP contribution < -0.4 is 5.32 Å². The van der Waals surface area contributed by atoms with Crippen LogP contribution in [0.25, 0.3) is 0 Å². The Kier molecular flexibility index (Phi) is 4.99. The smallest absolute Gasteiger partial charge is 0.0834 e. The van der Waals surface area contributed by atoms with Gasteiger partial charge in [0.1, 0.15) is 0 Å². The SMILES string of the molecule is O[C@H]1[C@H](N2CCC(CCn3cccn3)CC2)c2ccccc2C12CCNCC2. The highest BCUT2D eigenvalue weighted by Gasteiger charge is 2.53. The van der Waals surface area contributed by atoms with E-state index < -0.39 is 0 Å². The average Bonchev–Trinajstić information content (AvgIpc) is 3.34. The maximum atomic E-state index is 11.6. The number of aromatic nitrogens is 2. The van der Waals surface area contributed by atoms with Gasteiger partial charge in [-0.3, -0.25) is 9.58 Å². The number of nitrogens with one attached hydrogen (secondary N) is 1. The van der Waals surface area contributed by atoms with Crippen molar-refractivity contribution in [1.82, 2.24) is 20.0 Å². The van der Waals surface area contributed by atoms with Crippen LogP contribution in [-0.4, -0.2) is 52.1 Å². The van der Waals surface area contributed by atoms with Gasteiger partial charge in [-0.15, -0.1) is 0 Å². The quantitative estimate of drug-likeness (QED) is 0.856. The molecule has 0 bridgehead atoms. The monoisotopic (exact) mass is 380 g/mol. The van der Waals surface area contributed by atoms with Crippen molar-refractivity contribution in [3.63, 3.8) is 0 Å². The molecule has 5 heteroatoms. The lowest BCUT2D eigenvalue weighted by Gasteiger charge is -2.42. The number of hydrogen-bond donors (Lipinski definition) is 2. The van der Waals surface area contributed by atoms with E-state index in [0.717, 1.165) is 51.5 Å². The molecule has 150 valence electrons. The first-order chi connectivity index (χ1) is 13.8. The molecular formula is C23H32N4O. The molecule has 1 aromatic heterocycles. The molecule has 1 aromatic carbocycles. The molecule has 2 N–H and O–H groups in total. The molecule has 5 rings (SSSR count). The molecule has 28 heavy (non-hydrogen) atoms. The van der Waals surface area contributed by atoms with Gasteiger partial charge in [0.05, 0.1) is 12.1 Å². The number of hydrogen-bond acceptors (Lipinski definition) is 4. The van der Waals surface area contributed by atoms with E-state index in [0.29, 0.717) is 0 Å². The van der Waals surface area contributed by atoms with Gasteiger partial charge < -0.3 is 10.4 Å². The van der Waals surface area contributed by atoms with Gasteiger partial charge in [0, 0.05) is 24.4 Å². The average molecular weight is 381 g/mol. The highest BCUT2D eigenvalue weighted by Crippen LogP contribution is 2.52. The first kappa shape index (κ1) is 18.3. The van der Waals surface area contributed by atoms with Crippen LogP contribution in [0.15, 0.2) is 42.7 Å². The van der Waals surface area contributed by atoms with Crippen LogP contribution in [0, 0.1) is 5.92 Å². The van der Waals surface area contributed by atoms with E-state index in [1.165, 1.54) is 30.4 Å². The minimum Gasteiger partial charge on any atom is -0.390 e. The van der Waals surface area contributed by atoms with Crippen LogP contribution in [0.1, 0.15) is 49.3 Å². The fourth-order valence-corrected chi connectivity index (χ4v) is 5.94. The molecule has 2 fully saturated rings. The number of aliphatic hydroxyl groups excluding tert-OH is 1. The van der Waals surface area contributed by atoms with Crippen molar-refractivity contribution in [2.24, 2.45) is 5.92 Å². The van der Waals surface area contributed by atoms with E-state index in [-0.39, 0.29) is 17.6 Å². The Morgan fingerprint density at radius 2 is 1.89 bits per heavy atom. The molecule has 3 aliphatic rings. The van der Waals surface area contributed by atoms with Crippen LogP contribution in [-0.2, 0) is 12.0 Å². The van der Waals surface area contributed by atoms with Crippen molar-refractivity contribution in [2.45, 2.75) is 56.2 Å². The van der Waals surface area contributed by atoms with E-state index in [9.17, 15) is 5.11 Å². The Bertz CT molecular complexity index is 776. The largest absolute Gasteiger partial charge is 0.390 e. The van der Waals surface area contributed by atoms with E-state index in [1.54, 1.807) is 0 Å². The summed E-state index contributed by atoms with van der Waals surface area (Å²) in [5.74, 6) is 0.766. The lowest BCUT2D eigenvalue weighted by Crippen LogP contribution is -2.49. The highest BCUT2D eigenvalue weighted by atomic mass is 16.3. The van der Waals surface area contributed by atoms with Crippen LogP contribution in [0.2, 0.25) is 0 Å². The molecule has 2 aromatic rings. The summed E-state index contributed by atoms with van der Waals surface area (Å²) in [7, 11) is 0. The number of piperidine rings is 2. The Morgan fingerprint density at radius 1 is 1.11 bits per heavy atom. The van der Waals surface area contributed by atoms with Gasteiger partial charge >= 0.3 is 0 Å². The fourth-order valence-electron chi connectivity index (χ4n) is 5.94. The summed E-state index contributed by atoms with van der Waals surface area (Å²) in [5.41, 5.74) is 2.74. The number of aryl methyl sites for hydroxylation is 1. The van der Waals surface area contributed by atoms with E-state index in [2.05, 4.69) is 45.8 Å². The summed E-state index contributed by atoms with van der Waals surface area (Å²) >= 11 is 0. The molecule has 2 atom stereocenters. The van der Waals surface area contributed by atoms with Gasteiger partial charge in [-0.25, -0.2) is 0 Å². The zero-order valence-corrected chi connectivity index (χ0v) is 16.6. The zero-order chi connectivity index (χ0) is 19.0. The molecule has 3 heterocycles. The Morgan fingerprint density at radius 3 is 2.64 bits per heavy atom. The van der Waals surface area contributed by atoms with Crippen molar-refractivity contribution in [3.05, 3.63) is 53.9 Å². The molecule has 2 aliphatic heterocycles. The number of rotatable bonds is 4. The van der Waals surface area contributed by atoms with Crippen LogP contribution >= 0.6 is 0 Å². The molecule has 0 amide bonds. The molecule has 2 saturated heterocycles. The number of benzene rings is 1. The Balaban J connectivity index is 1.29. The van der Waals surface area contributed by atoms with Crippen molar-refractivity contribution in [1.29, 1.82) is 0 Å². The van der Waals surface area contributed by atoms with Gasteiger partial charge in [0.2, 0.25) is 0 Å². The second kappa shape index (κ2) is 7.62. The highest BCUT2D eigenvalue weighted by molar-refractivity contribution is 5.45. The molecule has 0 unspecified atom stereocenters. The summed E-state index contributed by atoms with van der Waals surface area (Å²) in [6, 6.07) is 11.0. The van der Waals surface area contributed by atoms with Gasteiger partial charge in [-0.2, -0.15) is 5.10 Å². The van der Waals surface area contributed by atoms with Crippen LogP contribution in [0.5, 0.6) is 0 Å². The van der Waals surface area contributed by atoms with Gasteiger partial charge in [-0.05, 0) is 81.4 Å². The molecule has 0 radical (unpaired) electrons. The third-order valence-corrected chi connectivity index (χ3v) is 7.55. The second-order valence-electron chi connectivity index (χ2n) is 8.92. The lowest BCUT2D eigenvalue weighted by molar-refractivity contribution is -0.0134. The maximum Gasteiger partial charge on any atom is 0.0834 e. The molecule has 1 spiro atoms. The number of fused-ring (bicyclic) bond motifs is 2. The summed E-state index contributed by atoms with van der Waals surface area (Å²) in [6.07, 6.45) is 9.37. The van der Waals surface area contributed by atoms with Gasteiger partial charge in [0.25, 0.3) is 0 Å². The third kappa shape index (κ3) is 3.10. The summed E-state index contributed by atoms with van der Waals surface area (Å²) in [5, 5.41) is 19.4. The molecular weight excluding hydrogens is 348 g/mol. The Hall–Kier alpha value is -1.69. The first-order valence-electron chi connectivity index (χ1n) is 11.0. The molecule has 5 nitrogen and oxygen atoms in total. The van der Waals surface area contributed by atoms with Crippen molar-refractivity contribution >= 4 is 0 Å². The minimum atomic E-state index is -0.285. The van der Waals surface area contributed by atoms with Gasteiger partial charge in [-0.1, -0.05) is 24.3 Å². The summed E-state index contributed by atoms with van der Waals surface area (Å²) in [6.45, 7) is 5.21. The van der Waals surface area contributed by atoms with E-state index in [4.69, 9.17) is 0 Å². The van der Waals surface area contributed by atoms with E-state index >= 15 is 0 Å². The second-order valence-corrected chi connectivity index (χ2v) is 8.92. The standard InChI is InChI=1S/C23H32N4O/c28-22-21(19-4-1-2-5-20(19)23(22)9-12-24-13-10-23)26-15-6-18(7-16-26)8-17-27-14-3-11-25-27/h1-5,11,14,18,21-22,24,28H,6-10,12-13,15-17H2/t21-,22+/m1/s1. The first-order valence-corrected chi connectivity index (χ1v) is 11.0. The van der Waals surface area contributed by atoms with Crippen molar-refractivity contribution in [2.75, 3.05) is 26.2 Å². The normalized spacial score (nSPS) is 27.9. The summed E-state index contributed by atoms with van der Waals surface area (Å²) in [4.78, 5) is 2.57. The van der Waals surface area contributed by atoms with Crippen LogP contribution in [0.3, 0.4) is 0 Å². The summed E-state index contributed by atoms with van der Waals surface area (Å²) < 4.78 is 2.05. The number of nitrogens with zero attached hydrogens (tertiary/aromatic N) is 3. The fraction of sp³-hybridized carbons (Fsp3) is 0.609. The van der Waals surface area contributed by atoms with Crippen molar-refractivity contribution < 1.29 is 5.11 Å². The van der Waals surface area contributed by atoms with E-state index in [1.807, 2.05) is 16.9 Å². The Labute approximate surface area is 167 Å². The predicted octanol–water partition coefficient (Wildman–Crippen LogP) is 2.72. The predicted molar refractivity (Wildman–Crippen MR) is 110 cm³/mol. The zero-order valence-electron chi connectivity index (χ0n) is 16.6. The lowest BCUT2D eigenvalue weighted by atomic mass is 9.72. The van der Waals surface area contributed by atoms with Crippen molar-refractivity contribution in [3.8, 4) is 0 Å². The number of aliphatic hydroxyl groups is 1.